The fraction of sp³-hybridized carbons (Fsp3) is 0.455. The molecule has 0 radical (unpaired) electrons. The van der Waals surface area contributed by atoms with E-state index in [1.165, 1.54) is 5.69 Å². The summed E-state index contributed by atoms with van der Waals surface area (Å²) in [5, 5.41) is 6.26. The van der Waals surface area contributed by atoms with Crippen molar-refractivity contribution in [2.45, 2.75) is 26.7 Å². The van der Waals surface area contributed by atoms with Crippen molar-refractivity contribution in [3.63, 3.8) is 0 Å². The zero-order valence-corrected chi connectivity index (χ0v) is 17.1. The van der Waals surface area contributed by atoms with Gasteiger partial charge in [-0.2, -0.15) is 0 Å². The van der Waals surface area contributed by atoms with Gasteiger partial charge in [-0.1, -0.05) is 13.8 Å². The van der Waals surface area contributed by atoms with Crippen LogP contribution in [0.25, 0.3) is 0 Å². The van der Waals surface area contributed by atoms with Crippen molar-refractivity contribution in [1.29, 1.82) is 0 Å². The number of nitrogens with zero attached hydrogens (tertiary/aromatic N) is 3. The number of pyridine rings is 1. The van der Waals surface area contributed by atoms with Gasteiger partial charge in [0.2, 0.25) is 5.91 Å². The van der Waals surface area contributed by atoms with Crippen LogP contribution in [0.4, 0.5) is 22.9 Å². The van der Waals surface area contributed by atoms with Crippen LogP contribution in [0.1, 0.15) is 26.7 Å². The quantitative estimate of drug-likeness (QED) is 0.760. The smallest absolute Gasteiger partial charge is 0.228 e. The summed E-state index contributed by atoms with van der Waals surface area (Å²) in [4.78, 5) is 21.3. The fourth-order valence-corrected chi connectivity index (χ4v) is 3.42. The van der Waals surface area contributed by atoms with Crippen molar-refractivity contribution >= 4 is 28.8 Å². The molecule has 0 spiro atoms. The number of likely N-dealkylation sites (N-methyl/N-ethyl adjacent to an activating group) is 1. The Morgan fingerprint density at radius 2 is 1.64 bits per heavy atom. The predicted molar refractivity (Wildman–Crippen MR) is 116 cm³/mol. The predicted octanol–water partition coefficient (Wildman–Crippen LogP) is 3.95. The van der Waals surface area contributed by atoms with Gasteiger partial charge in [-0.15, -0.1) is 0 Å². The van der Waals surface area contributed by atoms with Crippen LogP contribution in [0.2, 0.25) is 0 Å². The van der Waals surface area contributed by atoms with Gasteiger partial charge in [-0.05, 0) is 56.3 Å². The van der Waals surface area contributed by atoms with E-state index in [9.17, 15) is 4.79 Å². The van der Waals surface area contributed by atoms with Crippen LogP contribution in [-0.4, -0.2) is 49.0 Å². The van der Waals surface area contributed by atoms with Gasteiger partial charge >= 0.3 is 0 Å². The van der Waals surface area contributed by atoms with Gasteiger partial charge in [0.15, 0.2) is 0 Å². The Kier molecular flexibility index (Phi) is 6.87. The number of hydrogen-bond donors (Lipinski definition) is 2. The maximum atomic E-state index is 12.2. The van der Waals surface area contributed by atoms with Crippen LogP contribution in [0.5, 0.6) is 0 Å². The molecule has 1 amide bonds. The summed E-state index contributed by atoms with van der Waals surface area (Å²) in [6.45, 7) is 8.40. The third-order valence-corrected chi connectivity index (χ3v) is 5.40. The summed E-state index contributed by atoms with van der Waals surface area (Å²) in [6.07, 6.45) is 3.43. The van der Waals surface area contributed by atoms with Crippen molar-refractivity contribution in [3.05, 3.63) is 42.6 Å². The first kappa shape index (κ1) is 20.1. The maximum Gasteiger partial charge on any atom is 0.228 e. The number of anilines is 4. The highest BCUT2D eigenvalue weighted by molar-refractivity contribution is 5.91. The summed E-state index contributed by atoms with van der Waals surface area (Å²) < 4.78 is 0. The van der Waals surface area contributed by atoms with Crippen molar-refractivity contribution < 1.29 is 4.79 Å². The van der Waals surface area contributed by atoms with E-state index in [1.807, 2.05) is 26.0 Å². The summed E-state index contributed by atoms with van der Waals surface area (Å²) >= 11 is 0. The first-order valence-electron chi connectivity index (χ1n) is 10.2. The van der Waals surface area contributed by atoms with Crippen molar-refractivity contribution in [3.8, 4) is 0 Å². The molecule has 150 valence electrons. The molecule has 1 fully saturated rings. The van der Waals surface area contributed by atoms with E-state index in [0.29, 0.717) is 5.82 Å². The highest BCUT2D eigenvalue weighted by atomic mass is 16.1. The Labute approximate surface area is 167 Å². The number of benzene rings is 1. The lowest BCUT2D eigenvalue weighted by atomic mass is 10.0. The molecule has 2 N–H and O–H groups in total. The molecule has 3 rings (SSSR count). The van der Waals surface area contributed by atoms with Gasteiger partial charge in [0, 0.05) is 43.5 Å². The number of rotatable bonds is 7. The lowest BCUT2D eigenvalue weighted by Gasteiger charge is -2.34. The second-order valence-electron chi connectivity index (χ2n) is 7.40. The first-order valence-corrected chi connectivity index (χ1v) is 10.2. The Hall–Kier alpha value is -2.60. The van der Waals surface area contributed by atoms with Crippen molar-refractivity contribution in [1.82, 2.24) is 9.88 Å². The lowest BCUT2D eigenvalue weighted by molar-refractivity contribution is -0.120. The standard InChI is InChI=1S/C22H31N5O/c1-4-17(5-2)22(28)25-21-11-8-19(16-23-21)24-18-6-9-20(10-7-18)27-14-12-26(3)13-15-27/h6-11,16-17,24H,4-5,12-15H2,1-3H3,(H,23,25,28). The van der Waals surface area contributed by atoms with E-state index in [-0.39, 0.29) is 11.8 Å². The molecular weight excluding hydrogens is 350 g/mol. The number of piperazine rings is 1. The lowest BCUT2D eigenvalue weighted by Crippen LogP contribution is -2.44. The summed E-state index contributed by atoms with van der Waals surface area (Å²) in [5.41, 5.74) is 3.18. The number of amides is 1. The SMILES string of the molecule is CCC(CC)C(=O)Nc1ccc(Nc2ccc(N3CCN(C)CC3)cc2)cn1. The van der Waals surface area contributed by atoms with E-state index in [1.54, 1.807) is 6.20 Å². The fourth-order valence-electron chi connectivity index (χ4n) is 3.42. The van der Waals surface area contributed by atoms with Gasteiger partial charge in [0.05, 0.1) is 11.9 Å². The first-order chi connectivity index (χ1) is 13.6. The minimum absolute atomic E-state index is 0.0395. The molecule has 6 heteroatoms. The van der Waals surface area contributed by atoms with Gasteiger partial charge < -0.3 is 20.4 Å². The Morgan fingerprint density at radius 1 is 1.00 bits per heavy atom. The third kappa shape index (κ3) is 5.23. The van der Waals surface area contributed by atoms with Gasteiger partial charge in [0.25, 0.3) is 0 Å². The second kappa shape index (κ2) is 9.55. The molecule has 1 aliphatic rings. The molecule has 0 atom stereocenters. The number of carbonyl (C=O) groups excluding carboxylic acids is 1. The van der Waals surface area contributed by atoms with Gasteiger partial charge in [-0.25, -0.2) is 4.98 Å². The molecule has 1 saturated heterocycles. The van der Waals surface area contributed by atoms with Crippen LogP contribution < -0.4 is 15.5 Å². The molecule has 28 heavy (non-hydrogen) atoms. The Morgan fingerprint density at radius 3 is 2.21 bits per heavy atom. The highest BCUT2D eigenvalue weighted by Gasteiger charge is 2.15. The normalized spacial score (nSPS) is 14.9. The summed E-state index contributed by atoms with van der Waals surface area (Å²) in [6, 6.07) is 12.3. The largest absolute Gasteiger partial charge is 0.369 e. The molecule has 1 aromatic carbocycles. The molecule has 0 saturated carbocycles. The van der Waals surface area contributed by atoms with Crippen LogP contribution in [0.3, 0.4) is 0 Å². The number of aromatic nitrogens is 1. The van der Waals surface area contributed by atoms with Gasteiger partial charge in [0.1, 0.15) is 5.82 Å². The Balaban J connectivity index is 1.56. The molecule has 2 heterocycles. The molecule has 6 nitrogen and oxygen atoms in total. The number of hydrogen-bond acceptors (Lipinski definition) is 5. The zero-order chi connectivity index (χ0) is 19.9. The van der Waals surface area contributed by atoms with Crippen molar-refractivity contribution in [2.75, 3.05) is 48.8 Å². The third-order valence-electron chi connectivity index (χ3n) is 5.40. The molecule has 2 aromatic rings. The number of carbonyl (C=O) groups is 1. The van der Waals surface area contributed by atoms with Crippen LogP contribution in [0, 0.1) is 5.92 Å². The summed E-state index contributed by atoms with van der Waals surface area (Å²) in [5.74, 6) is 0.670. The topological polar surface area (TPSA) is 60.5 Å². The second-order valence-corrected chi connectivity index (χ2v) is 7.40. The highest BCUT2D eigenvalue weighted by Crippen LogP contribution is 2.22. The zero-order valence-electron chi connectivity index (χ0n) is 17.1. The van der Waals surface area contributed by atoms with Crippen molar-refractivity contribution in [2.24, 2.45) is 5.92 Å². The van der Waals surface area contributed by atoms with Crippen LogP contribution in [0.15, 0.2) is 42.6 Å². The maximum absolute atomic E-state index is 12.2. The molecule has 1 aromatic heterocycles. The van der Waals surface area contributed by atoms with Gasteiger partial charge in [-0.3, -0.25) is 4.79 Å². The summed E-state index contributed by atoms with van der Waals surface area (Å²) in [7, 11) is 2.17. The average molecular weight is 382 g/mol. The van der Waals surface area contributed by atoms with Crippen LogP contribution in [-0.2, 0) is 4.79 Å². The average Bonchev–Trinajstić information content (AvgIpc) is 2.72. The van der Waals surface area contributed by atoms with E-state index >= 15 is 0 Å². The minimum Gasteiger partial charge on any atom is -0.369 e. The molecule has 1 aliphatic heterocycles. The van der Waals surface area contributed by atoms with E-state index < -0.39 is 0 Å². The molecule has 0 unspecified atom stereocenters. The molecule has 0 bridgehead atoms. The van der Waals surface area contributed by atoms with E-state index in [4.69, 9.17) is 0 Å². The van der Waals surface area contributed by atoms with Crippen LogP contribution >= 0.6 is 0 Å². The molecular formula is C22H31N5O. The van der Waals surface area contributed by atoms with E-state index in [2.05, 4.69) is 56.7 Å². The Bertz CT molecular complexity index is 748. The van der Waals surface area contributed by atoms with E-state index in [0.717, 1.165) is 50.4 Å². The minimum atomic E-state index is 0.0395. The monoisotopic (exact) mass is 381 g/mol. The molecule has 0 aliphatic carbocycles. The number of nitrogens with one attached hydrogen (secondary N) is 2.